The van der Waals surface area contributed by atoms with Crippen molar-refractivity contribution in [2.75, 3.05) is 25.5 Å². The molecular formula is C18H22N2O3S. The number of carbonyl (C=O) groups is 2. The molecule has 1 aromatic carbocycles. The summed E-state index contributed by atoms with van der Waals surface area (Å²) in [4.78, 5) is 26.0. The Kier molecular flexibility index (Phi) is 6.81. The molecule has 0 bridgehead atoms. The number of aryl methyl sites for hydroxylation is 1. The fourth-order valence-electron chi connectivity index (χ4n) is 2.30. The monoisotopic (exact) mass is 346 g/mol. The minimum atomic E-state index is -0.214. The van der Waals surface area contributed by atoms with Gasteiger partial charge in [-0.25, -0.2) is 0 Å². The summed E-state index contributed by atoms with van der Waals surface area (Å²) in [5, 5.41) is 6.83. The Morgan fingerprint density at radius 2 is 2.12 bits per heavy atom. The molecule has 0 fully saturated rings. The summed E-state index contributed by atoms with van der Waals surface area (Å²) >= 11 is 1.62. The fraction of sp³-hybridized carbons (Fsp3) is 0.333. The van der Waals surface area contributed by atoms with E-state index in [0.29, 0.717) is 30.8 Å². The highest BCUT2D eigenvalue weighted by atomic mass is 32.1. The first-order valence-corrected chi connectivity index (χ1v) is 8.79. The highest BCUT2D eigenvalue weighted by Gasteiger charge is 2.15. The third-order valence-electron chi connectivity index (χ3n) is 3.63. The summed E-state index contributed by atoms with van der Waals surface area (Å²) in [6.45, 7) is 2.44. The number of anilines is 1. The number of thiophene rings is 1. The zero-order valence-corrected chi connectivity index (χ0v) is 14.8. The van der Waals surface area contributed by atoms with E-state index in [1.807, 2.05) is 29.8 Å². The lowest BCUT2D eigenvalue weighted by molar-refractivity contribution is -0.134. The summed E-state index contributed by atoms with van der Waals surface area (Å²) in [6.07, 6.45) is 1.12. The smallest absolute Gasteiger partial charge is 0.243 e. The normalized spacial score (nSPS) is 10.2. The van der Waals surface area contributed by atoms with Crippen molar-refractivity contribution in [3.8, 4) is 5.75 Å². The second kappa shape index (κ2) is 9.08. The topological polar surface area (TPSA) is 58.6 Å². The van der Waals surface area contributed by atoms with Crippen LogP contribution in [0.15, 0.2) is 41.1 Å². The van der Waals surface area contributed by atoms with Gasteiger partial charge in [-0.2, -0.15) is 11.3 Å². The van der Waals surface area contributed by atoms with Crippen molar-refractivity contribution in [1.82, 2.24) is 4.90 Å². The molecule has 2 rings (SSSR count). The van der Waals surface area contributed by atoms with Crippen molar-refractivity contribution in [2.45, 2.75) is 19.8 Å². The van der Waals surface area contributed by atoms with Crippen LogP contribution in [-0.4, -0.2) is 36.9 Å². The van der Waals surface area contributed by atoms with E-state index >= 15 is 0 Å². The number of carbonyl (C=O) groups excluding carboxylic acids is 2. The van der Waals surface area contributed by atoms with Gasteiger partial charge in [-0.1, -0.05) is 6.07 Å². The molecule has 0 atom stereocenters. The molecule has 6 heteroatoms. The van der Waals surface area contributed by atoms with Gasteiger partial charge in [0.1, 0.15) is 5.75 Å². The Morgan fingerprint density at radius 3 is 2.79 bits per heavy atom. The van der Waals surface area contributed by atoms with E-state index in [1.54, 1.807) is 41.5 Å². The van der Waals surface area contributed by atoms with Crippen LogP contribution in [0.3, 0.4) is 0 Å². The summed E-state index contributed by atoms with van der Waals surface area (Å²) < 4.78 is 5.13. The van der Waals surface area contributed by atoms with Crippen LogP contribution < -0.4 is 10.1 Å². The van der Waals surface area contributed by atoms with E-state index in [-0.39, 0.29) is 18.4 Å². The summed E-state index contributed by atoms with van der Waals surface area (Å²) in [7, 11) is 1.58. The van der Waals surface area contributed by atoms with E-state index in [2.05, 4.69) is 5.32 Å². The van der Waals surface area contributed by atoms with Crippen molar-refractivity contribution < 1.29 is 14.3 Å². The number of rotatable bonds is 8. The maximum Gasteiger partial charge on any atom is 0.243 e. The number of hydrogen-bond donors (Lipinski definition) is 1. The fourth-order valence-corrected chi connectivity index (χ4v) is 3.00. The molecule has 0 radical (unpaired) electrons. The molecule has 0 saturated heterocycles. The predicted molar refractivity (Wildman–Crippen MR) is 96.5 cm³/mol. The zero-order valence-electron chi connectivity index (χ0n) is 14.0. The number of amides is 2. The first-order valence-electron chi connectivity index (χ1n) is 7.85. The van der Waals surface area contributed by atoms with Crippen LogP contribution in [0.1, 0.15) is 18.9 Å². The van der Waals surface area contributed by atoms with E-state index in [1.165, 1.54) is 0 Å². The SMILES string of the molecule is CCN(CC(=O)Nc1cccc(OC)c1)C(=O)CCc1ccsc1. The molecular weight excluding hydrogens is 324 g/mol. The average molecular weight is 346 g/mol. The molecule has 0 unspecified atom stereocenters. The lowest BCUT2D eigenvalue weighted by Crippen LogP contribution is -2.37. The molecule has 0 aliphatic heterocycles. The number of likely N-dealkylation sites (N-methyl/N-ethyl adjacent to an activating group) is 1. The van der Waals surface area contributed by atoms with Gasteiger partial charge in [0.15, 0.2) is 0 Å². The van der Waals surface area contributed by atoms with Gasteiger partial charge in [0.05, 0.1) is 13.7 Å². The Labute approximate surface area is 146 Å². The van der Waals surface area contributed by atoms with Crippen molar-refractivity contribution >= 4 is 28.8 Å². The van der Waals surface area contributed by atoms with Crippen LogP contribution in [0.4, 0.5) is 5.69 Å². The van der Waals surface area contributed by atoms with E-state index in [0.717, 1.165) is 5.56 Å². The lowest BCUT2D eigenvalue weighted by atomic mass is 10.2. The second-order valence-electron chi connectivity index (χ2n) is 5.32. The summed E-state index contributed by atoms with van der Waals surface area (Å²) in [5.74, 6) is 0.450. The number of benzene rings is 1. The van der Waals surface area contributed by atoms with Crippen molar-refractivity contribution in [3.63, 3.8) is 0 Å². The van der Waals surface area contributed by atoms with Gasteiger partial charge in [0.2, 0.25) is 11.8 Å². The number of methoxy groups -OCH3 is 1. The Bertz CT molecular complexity index is 671. The van der Waals surface area contributed by atoms with Gasteiger partial charge in [0, 0.05) is 24.7 Å². The first kappa shape index (κ1) is 18.0. The van der Waals surface area contributed by atoms with Gasteiger partial charge in [-0.15, -0.1) is 0 Å². The third kappa shape index (κ3) is 5.38. The molecule has 24 heavy (non-hydrogen) atoms. The van der Waals surface area contributed by atoms with Gasteiger partial charge >= 0.3 is 0 Å². The number of ether oxygens (including phenoxy) is 1. The third-order valence-corrected chi connectivity index (χ3v) is 4.36. The standard InChI is InChI=1S/C18H22N2O3S/c1-3-20(18(22)8-7-14-9-10-24-13-14)12-17(21)19-15-5-4-6-16(11-15)23-2/h4-6,9-11,13H,3,7-8,12H2,1-2H3,(H,19,21). The summed E-state index contributed by atoms with van der Waals surface area (Å²) in [6, 6.07) is 9.16. The number of nitrogens with one attached hydrogen (secondary N) is 1. The molecule has 128 valence electrons. The molecule has 0 saturated carbocycles. The van der Waals surface area contributed by atoms with E-state index < -0.39 is 0 Å². The van der Waals surface area contributed by atoms with Crippen LogP contribution in [-0.2, 0) is 16.0 Å². The average Bonchev–Trinajstić information content (AvgIpc) is 3.11. The quantitative estimate of drug-likeness (QED) is 0.799. The first-order chi connectivity index (χ1) is 11.6. The van der Waals surface area contributed by atoms with Gasteiger partial charge in [-0.3, -0.25) is 9.59 Å². The van der Waals surface area contributed by atoms with Crippen LogP contribution in [0, 0.1) is 0 Å². The number of hydrogen-bond acceptors (Lipinski definition) is 4. The highest BCUT2D eigenvalue weighted by Crippen LogP contribution is 2.16. The molecule has 1 heterocycles. The van der Waals surface area contributed by atoms with Crippen molar-refractivity contribution in [3.05, 3.63) is 46.7 Å². The molecule has 2 aromatic rings. The Balaban J connectivity index is 1.86. The summed E-state index contributed by atoms with van der Waals surface area (Å²) in [5.41, 5.74) is 1.81. The minimum Gasteiger partial charge on any atom is -0.497 e. The predicted octanol–water partition coefficient (Wildman–Crippen LogP) is 3.18. The van der Waals surface area contributed by atoms with Crippen LogP contribution in [0.2, 0.25) is 0 Å². The van der Waals surface area contributed by atoms with Crippen molar-refractivity contribution in [2.24, 2.45) is 0 Å². The van der Waals surface area contributed by atoms with Gasteiger partial charge in [0.25, 0.3) is 0 Å². The van der Waals surface area contributed by atoms with Crippen molar-refractivity contribution in [1.29, 1.82) is 0 Å². The molecule has 5 nitrogen and oxygen atoms in total. The minimum absolute atomic E-state index is 0.00973. The lowest BCUT2D eigenvalue weighted by Gasteiger charge is -2.20. The number of nitrogens with zero attached hydrogens (tertiary/aromatic N) is 1. The largest absolute Gasteiger partial charge is 0.497 e. The molecule has 1 N–H and O–H groups in total. The second-order valence-corrected chi connectivity index (χ2v) is 6.10. The van der Waals surface area contributed by atoms with Crippen LogP contribution >= 0.6 is 11.3 Å². The Morgan fingerprint density at radius 1 is 1.29 bits per heavy atom. The molecule has 2 amide bonds. The molecule has 1 aromatic heterocycles. The maximum atomic E-state index is 12.3. The maximum absolute atomic E-state index is 12.3. The van der Waals surface area contributed by atoms with E-state index in [9.17, 15) is 9.59 Å². The molecule has 0 aliphatic rings. The van der Waals surface area contributed by atoms with Gasteiger partial charge in [-0.05, 0) is 47.9 Å². The highest BCUT2D eigenvalue weighted by molar-refractivity contribution is 7.07. The molecule has 0 aliphatic carbocycles. The van der Waals surface area contributed by atoms with Crippen LogP contribution in [0.5, 0.6) is 5.75 Å². The van der Waals surface area contributed by atoms with Crippen LogP contribution in [0.25, 0.3) is 0 Å². The van der Waals surface area contributed by atoms with Gasteiger partial charge < -0.3 is 15.0 Å². The Hall–Kier alpha value is -2.34. The molecule has 0 spiro atoms. The van der Waals surface area contributed by atoms with E-state index in [4.69, 9.17) is 4.74 Å². The zero-order chi connectivity index (χ0) is 17.4.